The summed E-state index contributed by atoms with van der Waals surface area (Å²) in [4.78, 5) is 10.4. The number of nitrogens with zero attached hydrogens (tertiary/aromatic N) is 3. The Balaban J connectivity index is 1.35. The van der Waals surface area contributed by atoms with Crippen molar-refractivity contribution < 1.29 is 0 Å². The van der Waals surface area contributed by atoms with Gasteiger partial charge in [-0.05, 0) is 63.2 Å². The van der Waals surface area contributed by atoms with E-state index in [9.17, 15) is 0 Å². The molecule has 3 nitrogen and oxygen atoms in total. The normalized spacial score (nSPS) is 14.2. The van der Waals surface area contributed by atoms with E-state index in [1.165, 1.54) is 60.4 Å². The van der Waals surface area contributed by atoms with Crippen LogP contribution in [-0.4, -0.2) is 14.5 Å². The minimum atomic E-state index is -0.100. The first-order chi connectivity index (χ1) is 23.1. The molecule has 0 aliphatic heterocycles. The quantitative estimate of drug-likeness (QED) is 0.202. The third-order valence-corrected chi connectivity index (χ3v) is 10.4. The van der Waals surface area contributed by atoms with Gasteiger partial charge in [0.1, 0.15) is 5.82 Å². The second kappa shape index (κ2) is 9.60. The molecule has 0 spiro atoms. The van der Waals surface area contributed by atoms with E-state index < -0.39 is 0 Å². The van der Waals surface area contributed by atoms with E-state index in [0.29, 0.717) is 0 Å². The van der Waals surface area contributed by atoms with Crippen LogP contribution < -0.4 is 0 Å². The zero-order valence-corrected chi connectivity index (χ0v) is 26.3. The summed E-state index contributed by atoms with van der Waals surface area (Å²) in [5.41, 5.74) is 13.5. The molecule has 0 fully saturated rings. The maximum Gasteiger partial charge on any atom is 0.162 e. The Hall–Kier alpha value is -5.80. The standard InChI is InChI=1S/C44H31N3/c1-44(2)36-22-11-9-19-30(36)33-24-29-18-13-21-32-40(29)35(41(33)44)25-34-31-20-10-12-23-38(31)47(42(32)34)39-26-37(27-14-5-3-6-15-27)45-43(46-39)28-16-7-4-8-17-28/h3-17,19-26H,18H2,1-2H3. The molecular weight excluding hydrogens is 571 g/mol. The molecule has 47 heavy (non-hydrogen) atoms. The highest BCUT2D eigenvalue weighted by Crippen LogP contribution is 2.54. The van der Waals surface area contributed by atoms with Crippen LogP contribution >= 0.6 is 0 Å². The first-order valence-corrected chi connectivity index (χ1v) is 16.4. The van der Waals surface area contributed by atoms with E-state index in [-0.39, 0.29) is 5.41 Å². The highest BCUT2D eigenvalue weighted by atomic mass is 15.1. The molecule has 0 saturated carbocycles. The second-order valence-electron chi connectivity index (χ2n) is 13.4. The van der Waals surface area contributed by atoms with Gasteiger partial charge in [0.05, 0.1) is 16.7 Å². The van der Waals surface area contributed by atoms with Crippen LogP contribution in [0.25, 0.3) is 78.2 Å². The molecule has 0 radical (unpaired) electrons. The van der Waals surface area contributed by atoms with Crippen molar-refractivity contribution >= 4 is 38.7 Å². The Morgan fingerprint density at radius 2 is 1.36 bits per heavy atom. The van der Waals surface area contributed by atoms with Crippen molar-refractivity contribution in [1.82, 2.24) is 14.5 Å². The van der Waals surface area contributed by atoms with Gasteiger partial charge in [-0.2, -0.15) is 0 Å². The first kappa shape index (κ1) is 26.4. The van der Waals surface area contributed by atoms with Gasteiger partial charge in [0.15, 0.2) is 5.82 Å². The van der Waals surface area contributed by atoms with Crippen LogP contribution in [0.1, 0.15) is 36.1 Å². The SMILES string of the molecule is CC1(C)c2ccccc2-c2cc3c4c(c5c(cc4c21)c1ccccc1n5-c1cc(-c2ccccc2)nc(-c2ccccc2)n1)C=CC3. The van der Waals surface area contributed by atoms with Crippen LogP contribution in [0, 0.1) is 0 Å². The molecule has 0 bridgehead atoms. The van der Waals surface area contributed by atoms with Gasteiger partial charge < -0.3 is 0 Å². The topological polar surface area (TPSA) is 30.7 Å². The van der Waals surface area contributed by atoms with Crippen molar-refractivity contribution in [2.75, 3.05) is 0 Å². The number of rotatable bonds is 3. The molecular formula is C44H31N3. The number of para-hydroxylation sites is 1. The molecule has 0 atom stereocenters. The number of aromatic nitrogens is 3. The fourth-order valence-electron chi connectivity index (χ4n) is 8.33. The Morgan fingerprint density at radius 1 is 0.638 bits per heavy atom. The van der Waals surface area contributed by atoms with E-state index in [4.69, 9.17) is 9.97 Å². The van der Waals surface area contributed by atoms with Gasteiger partial charge in [0.2, 0.25) is 0 Å². The van der Waals surface area contributed by atoms with Crippen LogP contribution in [0.5, 0.6) is 0 Å². The minimum Gasteiger partial charge on any atom is -0.293 e. The van der Waals surface area contributed by atoms with E-state index in [1.54, 1.807) is 0 Å². The first-order valence-electron chi connectivity index (χ1n) is 16.4. The fourth-order valence-corrected chi connectivity index (χ4v) is 8.33. The molecule has 0 saturated heterocycles. The summed E-state index contributed by atoms with van der Waals surface area (Å²) < 4.78 is 2.38. The Labute approximate surface area is 273 Å². The van der Waals surface area contributed by atoms with E-state index >= 15 is 0 Å². The molecule has 0 N–H and O–H groups in total. The summed E-state index contributed by atoms with van der Waals surface area (Å²) in [6, 6.07) is 45.6. The van der Waals surface area contributed by atoms with Gasteiger partial charge in [-0.1, -0.05) is 129 Å². The monoisotopic (exact) mass is 601 g/mol. The molecule has 2 heterocycles. The van der Waals surface area contributed by atoms with Crippen LogP contribution in [0.15, 0.2) is 133 Å². The predicted octanol–water partition coefficient (Wildman–Crippen LogP) is 10.9. The highest BCUT2D eigenvalue weighted by Gasteiger charge is 2.38. The van der Waals surface area contributed by atoms with E-state index in [0.717, 1.165) is 40.4 Å². The largest absolute Gasteiger partial charge is 0.293 e. The lowest BCUT2D eigenvalue weighted by Gasteiger charge is -2.26. The zero-order valence-electron chi connectivity index (χ0n) is 26.3. The third kappa shape index (κ3) is 3.68. The summed E-state index contributed by atoms with van der Waals surface area (Å²) in [5, 5.41) is 5.21. The van der Waals surface area contributed by atoms with Gasteiger partial charge in [-0.25, -0.2) is 9.97 Å². The van der Waals surface area contributed by atoms with Gasteiger partial charge >= 0.3 is 0 Å². The van der Waals surface area contributed by atoms with Crippen molar-refractivity contribution in [2.45, 2.75) is 25.7 Å². The Morgan fingerprint density at radius 3 is 2.19 bits per heavy atom. The van der Waals surface area contributed by atoms with Crippen molar-refractivity contribution in [3.8, 4) is 39.6 Å². The van der Waals surface area contributed by atoms with Crippen molar-refractivity contribution in [1.29, 1.82) is 0 Å². The van der Waals surface area contributed by atoms with E-state index in [1.807, 2.05) is 12.1 Å². The number of allylic oxidation sites excluding steroid dienone is 1. The molecule has 222 valence electrons. The van der Waals surface area contributed by atoms with Crippen LogP contribution in [-0.2, 0) is 11.8 Å². The molecule has 2 aromatic heterocycles. The maximum atomic E-state index is 5.30. The second-order valence-corrected chi connectivity index (χ2v) is 13.4. The average molecular weight is 602 g/mol. The lowest BCUT2D eigenvalue weighted by atomic mass is 9.78. The Kier molecular flexibility index (Phi) is 5.40. The van der Waals surface area contributed by atoms with Crippen LogP contribution in [0.2, 0.25) is 0 Å². The lowest BCUT2D eigenvalue weighted by Crippen LogP contribution is -2.16. The zero-order chi connectivity index (χ0) is 31.3. The maximum absolute atomic E-state index is 5.30. The summed E-state index contributed by atoms with van der Waals surface area (Å²) >= 11 is 0. The lowest BCUT2D eigenvalue weighted by molar-refractivity contribution is 0.666. The Bertz CT molecular complexity index is 2550. The van der Waals surface area contributed by atoms with Crippen molar-refractivity contribution in [3.05, 3.63) is 156 Å². The number of hydrogen-bond acceptors (Lipinski definition) is 2. The van der Waals surface area contributed by atoms with Crippen molar-refractivity contribution in [2.24, 2.45) is 0 Å². The average Bonchev–Trinajstić information content (AvgIpc) is 3.58. The molecule has 2 aliphatic rings. The molecule has 6 aromatic carbocycles. The fraction of sp³-hybridized carbons (Fsp3) is 0.0909. The number of fused-ring (bicyclic) bond motifs is 8. The predicted molar refractivity (Wildman–Crippen MR) is 195 cm³/mol. The molecule has 3 heteroatoms. The summed E-state index contributed by atoms with van der Waals surface area (Å²) in [5.74, 6) is 1.59. The smallest absolute Gasteiger partial charge is 0.162 e. The number of hydrogen-bond donors (Lipinski definition) is 0. The highest BCUT2D eigenvalue weighted by molar-refractivity contribution is 6.20. The molecule has 0 unspecified atom stereocenters. The molecule has 8 aromatic rings. The molecule has 2 aliphatic carbocycles. The van der Waals surface area contributed by atoms with Gasteiger partial charge in [0, 0.05) is 38.9 Å². The third-order valence-electron chi connectivity index (χ3n) is 10.4. The summed E-state index contributed by atoms with van der Waals surface area (Å²) in [6.07, 6.45) is 5.61. The van der Waals surface area contributed by atoms with E-state index in [2.05, 4.69) is 146 Å². The van der Waals surface area contributed by atoms with Crippen molar-refractivity contribution in [3.63, 3.8) is 0 Å². The number of benzene rings is 6. The minimum absolute atomic E-state index is 0.100. The van der Waals surface area contributed by atoms with Gasteiger partial charge in [0.25, 0.3) is 0 Å². The molecule has 0 amide bonds. The summed E-state index contributed by atoms with van der Waals surface area (Å²) in [6.45, 7) is 4.78. The van der Waals surface area contributed by atoms with Gasteiger partial charge in [-0.3, -0.25) is 4.57 Å². The van der Waals surface area contributed by atoms with Crippen LogP contribution in [0.3, 0.4) is 0 Å². The van der Waals surface area contributed by atoms with Gasteiger partial charge in [-0.15, -0.1) is 0 Å². The summed E-state index contributed by atoms with van der Waals surface area (Å²) in [7, 11) is 0. The molecule has 10 rings (SSSR count). The van der Waals surface area contributed by atoms with Crippen LogP contribution in [0.4, 0.5) is 0 Å².